The number of aryl methyl sites for hydroxylation is 1. The molecule has 3 rings (SSSR count). The summed E-state index contributed by atoms with van der Waals surface area (Å²) < 4.78 is 33.1. The van der Waals surface area contributed by atoms with Gasteiger partial charge in [0.1, 0.15) is 0 Å². The van der Waals surface area contributed by atoms with Crippen LogP contribution >= 0.6 is 0 Å². The molecule has 0 unspecified atom stereocenters. The monoisotopic (exact) mass is 298 g/mol. The molecule has 0 bridgehead atoms. The van der Waals surface area contributed by atoms with E-state index in [1.165, 1.54) is 22.8 Å². The fourth-order valence-electron chi connectivity index (χ4n) is 2.25. The number of oxazole rings is 1. The van der Waals surface area contributed by atoms with Crippen LogP contribution in [0.3, 0.4) is 0 Å². The third kappa shape index (κ3) is 2.15. The van der Waals surface area contributed by atoms with Gasteiger partial charge in [-0.15, -0.1) is 0 Å². The van der Waals surface area contributed by atoms with Crippen molar-refractivity contribution in [1.29, 1.82) is 0 Å². The van der Waals surface area contributed by atoms with Gasteiger partial charge in [-0.25, -0.2) is 17.9 Å². The number of nitrogens with zero attached hydrogens (tertiary/aromatic N) is 1. The number of hydrogen-bond donors (Lipinski definition) is 2. The lowest BCUT2D eigenvalue weighted by atomic mass is 9.91. The molecule has 1 aromatic carbocycles. The summed E-state index contributed by atoms with van der Waals surface area (Å²) in [5.74, 6) is -0.537. The lowest BCUT2D eigenvalue weighted by Gasteiger charge is -2.31. The Morgan fingerprint density at radius 2 is 2.10 bits per heavy atom. The van der Waals surface area contributed by atoms with Crippen molar-refractivity contribution in [3.8, 4) is 0 Å². The van der Waals surface area contributed by atoms with Gasteiger partial charge in [-0.2, -0.15) is 0 Å². The molecule has 0 atom stereocenters. The van der Waals surface area contributed by atoms with Crippen LogP contribution in [-0.2, 0) is 17.1 Å². The van der Waals surface area contributed by atoms with Crippen LogP contribution in [0.25, 0.3) is 11.1 Å². The summed E-state index contributed by atoms with van der Waals surface area (Å²) in [6.07, 6.45) is 0.404. The van der Waals surface area contributed by atoms with E-state index in [9.17, 15) is 18.3 Å². The highest BCUT2D eigenvalue weighted by molar-refractivity contribution is 7.89. The van der Waals surface area contributed by atoms with Crippen molar-refractivity contribution < 1.29 is 17.9 Å². The molecule has 108 valence electrons. The van der Waals surface area contributed by atoms with Crippen molar-refractivity contribution in [1.82, 2.24) is 9.29 Å². The normalized spacial score (nSPS) is 22.9. The molecule has 0 radical (unpaired) electrons. The van der Waals surface area contributed by atoms with Gasteiger partial charge in [-0.3, -0.25) is 4.57 Å². The summed E-state index contributed by atoms with van der Waals surface area (Å²) in [5.41, 5.74) is 0.766. The lowest BCUT2D eigenvalue weighted by Crippen LogP contribution is -2.46. The van der Waals surface area contributed by atoms with E-state index in [1.54, 1.807) is 7.05 Å². The molecule has 0 aliphatic heterocycles. The maximum Gasteiger partial charge on any atom is 0.419 e. The molecule has 2 N–H and O–H groups in total. The number of sulfonamides is 1. The van der Waals surface area contributed by atoms with Gasteiger partial charge in [0.2, 0.25) is 10.0 Å². The van der Waals surface area contributed by atoms with Gasteiger partial charge >= 0.3 is 5.76 Å². The molecule has 1 heterocycles. The fraction of sp³-hybridized carbons (Fsp3) is 0.417. The minimum absolute atomic E-state index is 0.0424. The number of aliphatic hydroxyl groups excluding tert-OH is 1. The molecule has 2 aromatic rings. The number of nitrogens with one attached hydrogen (secondary N) is 1. The van der Waals surface area contributed by atoms with Crippen LogP contribution < -0.4 is 10.5 Å². The third-order valence-electron chi connectivity index (χ3n) is 3.51. The van der Waals surface area contributed by atoms with E-state index >= 15 is 0 Å². The Morgan fingerprint density at radius 3 is 2.75 bits per heavy atom. The standard InChI is InChI=1S/C12H14N2O5S/c1-14-10-3-2-9(6-11(10)19-12(14)16)20(17,18)13-7-4-8(15)5-7/h2-3,6-8,13,15H,4-5H2,1H3. The fourth-order valence-corrected chi connectivity index (χ4v) is 3.53. The first-order chi connectivity index (χ1) is 9.37. The molecule has 1 aliphatic carbocycles. The van der Waals surface area contributed by atoms with Crippen LogP contribution in [0.2, 0.25) is 0 Å². The van der Waals surface area contributed by atoms with Crippen LogP contribution in [0, 0.1) is 0 Å². The van der Waals surface area contributed by atoms with E-state index in [0.29, 0.717) is 18.4 Å². The molecule has 0 saturated heterocycles. The zero-order chi connectivity index (χ0) is 14.5. The summed E-state index contributed by atoms with van der Waals surface area (Å²) in [4.78, 5) is 11.4. The number of rotatable bonds is 3. The first kappa shape index (κ1) is 13.3. The van der Waals surface area contributed by atoms with Gasteiger partial charge in [0.25, 0.3) is 0 Å². The average Bonchev–Trinajstić information content (AvgIpc) is 2.62. The Hall–Kier alpha value is -1.64. The molecule has 1 aliphatic rings. The number of benzene rings is 1. The van der Waals surface area contributed by atoms with Crippen molar-refractivity contribution in [3.05, 3.63) is 28.7 Å². The largest absolute Gasteiger partial charge is 0.419 e. The van der Waals surface area contributed by atoms with E-state index in [-0.39, 0.29) is 16.5 Å². The van der Waals surface area contributed by atoms with Crippen LogP contribution in [0.1, 0.15) is 12.8 Å². The van der Waals surface area contributed by atoms with E-state index < -0.39 is 21.9 Å². The third-order valence-corrected chi connectivity index (χ3v) is 5.03. The van der Waals surface area contributed by atoms with Gasteiger partial charge in [-0.05, 0) is 25.0 Å². The second-order valence-corrected chi connectivity index (χ2v) is 6.71. The Kier molecular flexibility index (Phi) is 2.96. The van der Waals surface area contributed by atoms with E-state index in [1.807, 2.05) is 0 Å². The van der Waals surface area contributed by atoms with Crippen molar-refractivity contribution >= 4 is 21.1 Å². The lowest BCUT2D eigenvalue weighted by molar-refractivity contribution is 0.0712. The molecule has 0 spiro atoms. The second-order valence-electron chi connectivity index (χ2n) is 5.00. The summed E-state index contributed by atoms with van der Waals surface area (Å²) in [6, 6.07) is 4.04. The summed E-state index contributed by atoms with van der Waals surface area (Å²) >= 11 is 0. The Morgan fingerprint density at radius 1 is 1.40 bits per heavy atom. The van der Waals surface area contributed by atoms with Gasteiger partial charge < -0.3 is 9.52 Å². The van der Waals surface area contributed by atoms with Crippen molar-refractivity contribution in [2.24, 2.45) is 7.05 Å². The molecular formula is C12H14N2O5S. The smallest absolute Gasteiger partial charge is 0.408 e. The van der Waals surface area contributed by atoms with Gasteiger partial charge in [0, 0.05) is 19.2 Å². The van der Waals surface area contributed by atoms with Gasteiger partial charge in [-0.1, -0.05) is 0 Å². The highest BCUT2D eigenvalue weighted by atomic mass is 32.2. The predicted octanol–water partition coefficient (Wildman–Crippen LogP) is -0.0669. The number of fused-ring (bicyclic) bond motifs is 1. The molecule has 20 heavy (non-hydrogen) atoms. The summed E-state index contributed by atoms with van der Waals surface area (Å²) in [5, 5.41) is 9.17. The maximum atomic E-state index is 12.2. The van der Waals surface area contributed by atoms with Crippen molar-refractivity contribution in [2.45, 2.75) is 29.9 Å². The van der Waals surface area contributed by atoms with E-state index in [0.717, 1.165) is 0 Å². The topological polar surface area (TPSA) is 102 Å². The van der Waals surface area contributed by atoms with E-state index in [4.69, 9.17) is 4.42 Å². The first-order valence-electron chi connectivity index (χ1n) is 6.17. The van der Waals surface area contributed by atoms with Crippen LogP contribution in [0.15, 0.2) is 32.3 Å². The summed E-state index contributed by atoms with van der Waals surface area (Å²) in [6.45, 7) is 0. The Labute approximate surface area is 114 Å². The zero-order valence-corrected chi connectivity index (χ0v) is 11.6. The Balaban J connectivity index is 1.95. The minimum Gasteiger partial charge on any atom is -0.408 e. The number of aliphatic hydroxyl groups is 1. The molecule has 1 saturated carbocycles. The van der Waals surface area contributed by atoms with Crippen LogP contribution in [-0.4, -0.2) is 30.2 Å². The number of hydrogen-bond acceptors (Lipinski definition) is 5. The minimum atomic E-state index is -3.67. The molecule has 1 aromatic heterocycles. The highest BCUT2D eigenvalue weighted by Gasteiger charge is 2.31. The predicted molar refractivity (Wildman–Crippen MR) is 70.8 cm³/mol. The van der Waals surface area contributed by atoms with Crippen LogP contribution in [0.5, 0.6) is 0 Å². The van der Waals surface area contributed by atoms with Crippen LogP contribution in [0.4, 0.5) is 0 Å². The molecule has 1 fully saturated rings. The van der Waals surface area contributed by atoms with Crippen molar-refractivity contribution in [3.63, 3.8) is 0 Å². The van der Waals surface area contributed by atoms with E-state index in [2.05, 4.69) is 4.72 Å². The Bertz CT molecular complexity index is 814. The molecular weight excluding hydrogens is 284 g/mol. The first-order valence-corrected chi connectivity index (χ1v) is 7.65. The molecule has 7 nitrogen and oxygen atoms in total. The second kappa shape index (κ2) is 4.44. The van der Waals surface area contributed by atoms with Crippen molar-refractivity contribution in [2.75, 3.05) is 0 Å². The zero-order valence-electron chi connectivity index (χ0n) is 10.7. The quantitative estimate of drug-likeness (QED) is 0.826. The average molecular weight is 298 g/mol. The SMILES string of the molecule is Cn1c(=O)oc2cc(S(=O)(=O)NC3CC(O)C3)ccc21. The molecule has 8 heteroatoms. The highest BCUT2D eigenvalue weighted by Crippen LogP contribution is 2.23. The maximum absolute atomic E-state index is 12.2. The number of aromatic nitrogens is 1. The van der Waals surface area contributed by atoms with Gasteiger partial charge in [0.05, 0.1) is 16.5 Å². The molecule has 0 amide bonds. The summed E-state index contributed by atoms with van der Waals surface area (Å²) in [7, 11) is -2.12. The van der Waals surface area contributed by atoms with Gasteiger partial charge in [0.15, 0.2) is 5.58 Å².